The molecule has 2 aromatic carbocycles. The molecule has 0 radical (unpaired) electrons. The molecule has 176 valence electrons. The summed E-state index contributed by atoms with van der Waals surface area (Å²) in [4.78, 5) is 43.8. The van der Waals surface area contributed by atoms with Crippen molar-refractivity contribution in [3.8, 4) is 0 Å². The Bertz CT molecular complexity index is 1660. The third kappa shape index (κ3) is 4.62. The van der Waals surface area contributed by atoms with Gasteiger partial charge >= 0.3 is 5.76 Å². The van der Waals surface area contributed by atoms with Crippen molar-refractivity contribution in [3.05, 3.63) is 98.6 Å². The van der Waals surface area contributed by atoms with Gasteiger partial charge in [0.05, 0.1) is 16.7 Å². The molecule has 3 aromatic heterocycles. The zero-order valence-electron chi connectivity index (χ0n) is 17.8. The highest BCUT2D eigenvalue weighted by Gasteiger charge is 2.18. The van der Waals surface area contributed by atoms with Crippen LogP contribution < -0.4 is 16.4 Å². The van der Waals surface area contributed by atoms with Gasteiger partial charge in [-0.3, -0.25) is 14.6 Å². The summed E-state index contributed by atoms with van der Waals surface area (Å²) in [6.07, 6.45) is 1.46. The van der Waals surface area contributed by atoms with Crippen LogP contribution in [0.1, 0.15) is 32.1 Å². The highest BCUT2D eigenvalue weighted by molar-refractivity contribution is 6.30. The number of rotatable bonds is 6. The van der Waals surface area contributed by atoms with Gasteiger partial charge in [0.25, 0.3) is 11.8 Å². The van der Waals surface area contributed by atoms with E-state index in [1.165, 1.54) is 35.0 Å². The molecule has 0 aliphatic carbocycles. The van der Waals surface area contributed by atoms with Gasteiger partial charge in [-0.15, -0.1) is 0 Å². The van der Waals surface area contributed by atoms with Crippen molar-refractivity contribution in [1.29, 1.82) is 0 Å². The van der Waals surface area contributed by atoms with E-state index in [2.05, 4.69) is 25.7 Å². The minimum Gasteiger partial charge on any atom is -0.408 e. The minimum absolute atomic E-state index is 0.0192. The molecule has 12 heteroatoms. The Balaban J connectivity index is 1.33. The lowest BCUT2D eigenvalue weighted by Crippen LogP contribution is -2.28. The van der Waals surface area contributed by atoms with Crippen molar-refractivity contribution in [2.24, 2.45) is 0 Å². The average Bonchev–Trinajstić information content (AvgIpc) is 3.47. The first-order valence-corrected chi connectivity index (χ1v) is 10.7. The first kappa shape index (κ1) is 22.3. The first-order chi connectivity index (χ1) is 16.9. The van der Waals surface area contributed by atoms with Crippen LogP contribution in [0.15, 0.2) is 63.9 Å². The van der Waals surface area contributed by atoms with Crippen LogP contribution >= 0.6 is 11.6 Å². The fraction of sp³-hybridized carbons (Fsp3) is 0.0870. The summed E-state index contributed by atoms with van der Waals surface area (Å²) in [5, 5.41) is 9.50. The summed E-state index contributed by atoms with van der Waals surface area (Å²) in [5.74, 6) is -2.13. The number of halogens is 2. The molecule has 0 unspecified atom stereocenters. The lowest BCUT2D eigenvalue weighted by atomic mass is 10.2. The SMILES string of the molecule is O=C(NCc1ccc2oc(=O)[nH]c2c1)c1cc(C(=O)NCc2ccc(F)c(Cl)c2)n2nccc2n1. The summed E-state index contributed by atoms with van der Waals surface area (Å²) in [5.41, 5.74) is 2.68. The number of carbonyl (C=O) groups is 2. The molecule has 0 saturated carbocycles. The standard InChI is InChI=1S/C23H16ClFN6O4/c24-14-7-12(1-3-15(14)25)10-27-22(33)18-9-17(29-20-5-6-28-31(18)20)21(32)26-11-13-2-4-19-16(8-13)30-23(34)35-19/h1-9H,10-11H2,(H,26,32)(H,27,33)(H,30,34). The summed E-state index contributed by atoms with van der Waals surface area (Å²) in [6.45, 7) is 0.241. The van der Waals surface area contributed by atoms with E-state index in [1.54, 1.807) is 24.3 Å². The van der Waals surface area contributed by atoms with Crippen LogP contribution in [-0.4, -0.2) is 31.4 Å². The van der Waals surface area contributed by atoms with Crippen LogP contribution in [0, 0.1) is 5.82 Å². The van der Waals surface area contributed by atoms with Gasteiger partial charge in [0.1, 0.15) is 17.2 Å². The Morgan fingerprint density at radius 2 is 1.77 bits per heavy atom. The Morgan fingerprint density at radius 1 is 1.03 bits per heavy atom. The summed E-state index contributed by atoms with van der Waals surface area (Å²) in [6, 6.07) is 12.1. The number of benzene rings is 2. The fourth-order valence-corrected chi connectivity index (χ4v) is 3.70. The third-order valence-electron chi connectivity index (χ3n) is 5.20. The zero-order valence-corrected chi connectivity index (χ0v) is 18.6. The predicted molar refractivity (Wildman–Crippen MR) is 124 cm³/mol. The van der Waals surface area contributed by atoms with E-state index in [0.29, 0.717) is 22.3 Å². The van der Waals surface area contributed by atoms with Gasteiger partial charge in [-0.05, 0) is 35.4 Å². The summed E-state index contributed by atoms with van der Waals surface area (Å²) < 4.78 is 19.6. The number of aromatic amines is 1. The van der Waals surface area contributed by atoms with Gasteiger partial charge in [0.15, 0.2) is 11.2 Å². The first-order valence-electron chi connectivity index (χ1n) is 10.3. The number of hydrogen-bond donors (Lipinski definition) is 3. The summed E-state index contributed by atoms with van der Waals surface area (Å²) in [7, 11) is 0. The number of oxazole rings is 1. The Morgan fingerprint density at radius 3 is 2.57 bits per heavy atom. The summed E-state index contributed by atoms with van der Waals surface area (Å²) >= 11 is 5.79. The second-order valence-corrected chi connectivity index (χ2v) is 7.99. The number of hydrogen-bond acceptors (Lipinski definition) is 6. The number of aromatic nitrogens is 4. The largest absolute Gasteiger partial charge is 0.417 e. The van der Waals surface area contributed by atoms with E-state index >= 15 is 0 Å². The molecule has 0 spiro atoms. The molecule has 3 N–H and O–H groups in total. The lowest BCUT2D eigenvalue weighted by Gasteiger charge is -2.10. The highest BCUT2D eigenvalue weighted by Crippen LogP contribution is 2.16. The third-order valence-corrected chi connectivity index (χ3v) is 5.49. The lowest BCUT2D eigenvalue weighted by molar-refractivity contribution is 0.0942. The molecular formula is C23H16ClFN6O4. The monoisotopic (exact) mass is 494 g/mol. The van der Waals surface area contributed by atoms with Crippen molar-refractivity contribution in [1.82, 2.24) is 30.2 Å². The van der Waals surface area contributed by atoms with Gasteiger partial charge in [0.2, 0.25) is 0 Å². The van der Waals surface area contributed by atoms with E-state index in [-0.39, 0.29) is 29.5 Å². The maximum absolute atomic E-state index is 13.4. The topological polar surface area (TPSA) is 134 Å². The van der Waals surface area contributed by atoms with Gasteiger partial charge in [-0.25, -0.2) is 18.7 Å². The Hall–Kier alpha value is -4.51. The van der Waals surface area contributed by atoms with Crippen LogP contribution in [0.4, 0.5) is 4.39 Å². The molecule has 0 aliphatic rings. The maximum atomic E-state index is 13.4. The molecular weight excluding hydrogens is 479 g/mol. The van der Waals surface area contributed by atoms with Gasteiger partial charge in [0, 0.05) is 25.2 Å². The normalized spacial score (nSPS) is 11.1. The molecule has 10 nitrogen and oxygen atoms in total. The quantitative estimate of drug-likeness (QED) is 0.332. The van der Waals surface area contributed by atoms with E-state index < -0.39 is 23.4 Å². The molecule has 5 rings (SSSR count). The number of amides is 2. The van der Waals surface area contributed by atoms with E-state index in [4.69, 9.17) is 16.0 Å². The second kappa shape index (κ2) is 9.03. The fourth-order valence-electron chi connectivity index (χ4n) is 3.50. The van der Waals surface area contributed by atoms with Crippen molar-refractivity contribution < 1.29 is 18.4 Å². The number of carbonyl (C=O) groups excluding carboxylic acids is 2. The van der Waals surface area contributed by atoms with Crippen LogP contribution in [-0.2, 0) is 13.1 Å². The Kier molecular flexibility index (Phi) is 5.75. The molecule has 2 amide bonds. The number of fused-ring (bicyclic) bond motifs is 2. The van der Waals surface area contributed by atoms with E-state index in [1.807, 2.05) is 0 Å². The molecule has 0 atom stereocenters. The van der Waals surface area contributed by atoms with Crippen LogP contribution in [0.25, 0.3) is 16.7 Å². The van der Waals surface area contributed by atoms with Crippen LogP contribution in [0.2, 0.25) is 5.02 Å². The van der Waals surface area contributed by atoms with Crippen molar-refractivity contribution in [2.45, 2.75) is 13.1 Å². The molecule has 0 bridgehead atoms. The number of H-pyrrole nitrogens is 1. The number of nitrogens with one attached hydrogen (secondary N) is 3. The highest BCUT2D eigenvalue weighted by atomic mass is 35.5. The average molecular weight is 495 g/mol. The van der Waals surface area contributed by atoms with Gasteiger partial charge in [-0.1, -0.05) is 23.7 Å². The molecule has 0 aliphatic heterocycles. The number of nitrogens with zero attached hydrogens (tertiary/aromatic N) is 3. The predicted octanol–water partition coefficient (Wildman–Crippen LogP) is 2.82. The van der Waals surface area contributed by atoms with Crippen molar-refractivity contribution in [2.75, 3.05) is 0 Å². The minimum atomic E-state index is -0.562. The molecule has 5 aromatic rings. The maximum Gasteiger partial charge on any atom is 0.417 e. The second-order valence-electron chi connectivity index (χ2n) is 7.59. The van der Waals surface area contributed by atoms with E-state index in [9.17, 15) is 18.8 Å². The van der Waals surface area contributed by atoms with Gasteiger partial charge in [-0.2, -0.15) is 5.10 Å². The van der Waals surface area contributed by atoms with Crippen molar-refractivity contribution >= 4 is 40.2 Å². The van der Waals surface area contributed by atoms with Gasteiger partial charge < -0.3 is 15.1 Å². The molecule has 3 heterocycles. The smallest absolute Gasteiger partial charge is 0.408 e. The van der Waals surface area contributed by atoms with Crippen molar-refractivity contribution in [3.63, 3.8) is 0 Å². The molecule has 0 fully saturated rings. The van der Waals surface area contributed by atoms with E-state index in [0.717, 1.165) is 5.56 Å². The molecule has 0 saturated heterocycles. The molecule has 35 heavy (non-hydrogen) atoms. The zero-order chi connectivity index (χ0) is 24.5. The Labute approximate surface area is 200 Å². The van der Waals surface area contributed by atoms with Crippen LogP contribution in [0.5, 0.6) is 0 Å². The van der Waals surface area contributed by atoms with Crippen LogP contribution in [0.3, 0.4) is 0 Å².